The Morgan fingerprint density at radius 3 is 2.18 bits per heavy atom. The molecule has 2 saturated heterocycles. The van der Waals surface area contributed by atoms with E-state index in [0.29, 0.717) is 24.8 Å². The third-order valence-corrected chi connectivity index (χ3v) is 7.61. The number of amides is 1. The zero-order valence-corrected chi connectivity index (χ0v) is 17.7. The van der Waals surface area contributed by atoms with E-state index in [2.05, 4.69) is 22.0 Å². The summed E-state index contributed by atoms with van der Waals surface area (Å²) in [5, 5.41) is 2.66. The van der Waals surface area contributed by atoms with Crippen molar-refractivity contribution >= 4 is 21.6 Å². The number of piperidine rings is 1. The summed E-state index contributed by atoms with van der Waals surface area (Å²) >= 11 is 0. The number of carbonyl (C=O) groups excluding carboxylic acids is 1. The Kier molecular flexibility index (Phi) is 7.09. The summed E-state index contributed by atoms with van der Waals surface area (Å²) in [4.78, 5) is 16.4. The molecule has 0 bridgehead atoms. The largest absolute Gasteiger partial charge is 0.326 e. The van der Waals surface area contributed by atoms with Gasteiger partial charge in [-0.25, -0.2) is 8.42 Å². The van der Waals surface area contributed by atoms with E-state index in [1.165, 1.54) is 32.7 Å². The number of sulfonamides is 1. The third-order valence-electron chi connectivity index (χ3n) is 5.70. The topological polar surface area (TPSA) is 73.0 Å². The third kappa shape index (κ3) is 5.11. The van der Waals surface area contributed by atoms with Gasteiger partial charge in [-0.15, -0.1) is 0 Å². The summed E-state index contributed by atoms with van der Waals surface area (Å²) in [5.74, 6) is -0.174. The van der Waals surface area contributed by atoms with Crippen LogP contribution in [-0.4, -0.2) is 80.3 Å². The van der Waals surface area contributed by atoms with E-state index < -0.39 is 10.0 Å². The molecule has 1 amide bonds. The van der Waals surface area contributed by atoms with E-state index >= 15 is 0 Å². The lowest BCUT2D eigenvalue weighted by Crippen LogP contribution is -2.54. The second-order valence-electron chi connectivity index (χ2n) is 7.72. The molecule has 2 fully saturated rings. The highest BCUT2D eigenvalue weighted by Crippen LogP contribution is 2.23. The van der Waals surface area contributed by atoms with Crippen LogP contribution in [0.15, 0.2) is 29.2 Å². The van der Waals surface area contributed by atoms with Crippen LogP contribution < -0.4 is 5.32 Å². The molecule has 8 heteroatoms. The van der Waals surface area contributed by atoms with E-state index in [1.54, 1.807) is 28.6 Å². The minimum absolute atomic E-state index is 0.174. The lowest BCUT2D eigenvalue weighted by atomic mass is 10.0. The van der Waals surface area contributed by atoms with Crippen molar-refractivity contribution in [2.75, 3.05) is 51.1 Å². The normalized spacial score (nSPS) is 20.9. The first kappa shape index (κ1) is 21.2. The van der Waals surface area contributed by atoms with Gasteiger partial charge in [-0.3, -0.25) is 9.69 Å². The molecule has 2 aliphatic heterocycles. The van der Waals surface area contributed by atoms with Crippen LogP contribution in [0.25, 0.3) is 0 Å². The van der Waals surface area contributed by atoms with Gasteiger partial charge in [-0.2, -0.15) is 4.31 Å². The summed E-state index contributed by atoms with van der Waals surface area (Å²) < 4.78 is 27.5. The summed E-state index contributed by atoms with van der Waals surface area (Å²) in [7, 11) is -3.49. The van der Waals surface area contributed by atoms with Crippen LogP contribution in [-0.2, 0) is 14.8 Å². The number of nitrogens with one attached hydrogen (secondary N) is 1. The summed E-state index contributed by atoms with van der Waals surface area (Å²) in [6, 6.07) is 6.98. The van der Waals surface area contributed by atoms with Crippen molar-refractivity contribution in [3.8, 4) is 0 Å². The van der Waals surface area contributed by atoms with Gasteiger partial charge in [-0.1, -0.05) is 6.92 Å². The lowest BCUT2D eigenvalue weighted by Gasteiger charge is -2.42. The van der Waals surface area contributed by atoms with Crippen LogP contribution in [0, 0.1) is 0 Å². The zero-order valence-electron chi connectivity index (χ0n) is 16.9. The van der Waals surface area contributed by atoms with Crippen molar-refractivity contribution < 1.29 is 13.2 Å². The smallest absolute Gasteiger partial charge is 0.243 e. The van der Waals surface area contributed by atoms with E-state index in [0.717, 1.165) is 26.2 Å². The number of likely N-dealkylation sites (tertiary alicyclic amines) is 1. The Hall–Kier alpha value is -1.48. The molecule has 2 aliphatic rings. The minimum Gasteiger partial charge on any atom is -0.326 e. The van der Waals surface area contributed by atoms with Crippen molar-refractivity contribution in [2.24, 2.45) is 0 Å². The van der Waals surface area contributed by atoms with Crippen LogP contribution in [0.2, 0.25) is 0 Å². The van der Waals surface area contributed by atoms with Gasteiger partial charge in [0, 0.05) is 44.8 Å². The van der Waals surface area contributed by atoms with Crippen LogP contribution >= 0.6 is 0 Å². The molecule has 0 radical (unpaired) electrons. The molecule has 1 aromatic carbocycles. The molecule has 0 aliphatic carbocycles. The molecule has 0 unspecified atom stereocenters. The molecular formula is C20H32N4O3S. The number of carbonyl (C=O) groups is 1. The molecular weight excluding hydrogens is 376 g/mol. The first-order chi connectivity index (χ1) is 13.4. The number of hydrogen-bond acceptors (Lipinski definition) is 5. The number of benzene rings is 1. The number of nitrogens with zero attached hydrogens (tertiary/aromatic N) is 3. The number of hydrogen-bond donors (Lipinski definition) is 1. The van der Waals surface area contributed by atoms with Gasteiger partial charge < -0.3 is 10.2 Å². The van der Waals surface area contributed by atoms with Gasteiger partial charge >= 0.3 is 0 Å². The highest BCUT2D eigenvalue weighted by molar-refractivity contribution is 7.89. The van der Waals surface area contributed by atoms with Crippen LogP contribution in [0.5, 0.6) is 0 Å². The number of piperazine rings is 1. The Bertz CT molecular complexity index is 750. The van der Waals surface area contributed by atoms with Gasteiger partial charge in [0.25, 0.3) is 0 Å². The maximum atomic E-state index is 12.9. The van der Waals surface area contributed by atoms with Crippen LogP contribution in [0.4, 0.5) is 5.69 Å². The molecule has 0 aromatic heterocycles. The maximum Gasteiger partial charge on any atom is 0.243 e. The highest BCUT2D eigenvalue weighted by Gasteiger charge is 2.32. The second-order valence-corrected chi connectivity index (χ2v) is 9.66. The Morgan fingerprint density at radius 2 is 1.64 bits per heavy atom. The van der Waals surface area contributed by atoms with Gasteiger partial charge in [0.2, 0.25) is 15.9 Å². The fourth-order valence-electron chi connectivity index (χ4n) is 4.20. The average Bonchev–Trinajstić information content (AvgIpc) is 2.69. The molecule has 156 valence electrons. The molecule has 1 N–H and O–H groups in total. The van der Waals surface area contributed by atoms with Gasteiger partial charge in [0.1, 0.15) is 0 Å². The fraction of sp³-hybridized carbons (Fsp3) is 0.650. The minimum atomic E-state index is -3.49. The van der Waals surface area contributed by atoms with Crippen LogP contribution in [0.3, 0.4) is 0 Å². The van der Waals surface area contributed by atoms with E-state index in [1.807, 2.05) is 0 Å². The van der Waals surface area contributed by atoms with Crippen molar-refractivity contribution in [2.45, 2.75) is 44.0 Å². The predicted molar refractivity (Wildman–Crippen MR) is 111 cm³/mol. The first-order valence-electron chi connectivity index (χ1n) is 10.2. The Labute approximate surface area is 168 Å². The lowest BCUT2D eigenvalue weighted by molar-refractivity contribution is -0.114. The second kappa shape index (κ2) is 9.35. The van der Waals surface area contributed by atoms with Gasteiger partial charge in [0.15, 0.2) is 0 Å². The molecule has 7 nitrogen and oxygen atoms in total. The highest BCUT2D eigenvalue weighted by atomic mass is 32.2. The monoisotopic (exact) mass is 408 g/mol. The first-order valence-corrected chi connectivity index (χ1v) is 11.7. The molecule has 0 atom stereocenters. The maximum absolute atomic E-state index is 12.9. The van der Waals surface area contributed by atoms with Crippen molar-refractivity contribution in [3.63, 3.8) is 0 Å². The molecule has 2 heterocycles. The van der Waals surface area contributed by atoms with Crippen molar-refractivity contribution in [1.29, 1.82) is 0 Å². The number of anilines is 1. The SMILES string of the molecule is CCCN1CCC(N2CCN(S(=O)(=O)c3ccc(NC(C)=O)cc3)CC2)CC1. The molecule has 0 spiro atoms. The Balaban J connectivity index is 1.54. The van der Waals surface area contributed by atoms with Crippen LogP contribution in [0.1, 0.15) is 33.1 Å². The fourth-order valence-corrected chi connectivity index (χ4v) is 5.62. The van der Waals surface area contributed by atoms with E-state index in [4.69, 9.17) is 0 Å². The van der Waals surface area contributed by atoms with E-state index in [-0.39, 0.29) is 10.8 Å². The summed E-state index contributed by atoms with van der Waals surface area (Å²) in [6.45, 7) is 9.78. The Morgan fingerprint density at radius 1 is 1.04 bits per heavy atom. The predicted octanol–water partition coefficient (Wildman–Crippen LogP) is 1.83. The zero-order chi connectivity index (χ0) is 20.1. The average molecular weight is 409 g/mol. The quantitative estimate of drug-likeness (QED) is 0.777. The van der Waals surface area contributed by atoms with Gasteiger partial charge in [0.05, 0.1) is 4.90 Å². The summed E-state index contributed by atoms with van der Waals surface area (Å²) in [6.07, 6.45) is 3.56. The van der Waals surface area contributed by atoms with E-state index in [9.17, 15) is 13.2 Å². The standard InChI is InChI=1S/C20H32N4O3S/c1-3-10-22-11-8-19(9-12-22)23-13-15-24(16-14-23)28(26,27)20-6-4-18(5-7-20)21-17(2)25/h4-7,19H,3,8-16H2,1-2H3,(H,21,25). The van der Waals surface area contributed by atoms with Gasteiger partial charge in [-0.05, 0) is 63.2 Å². The molecule has 1 aromatic rings. The number of rotatable bonds is 6. The molecule has 0 saturated carbocycles. The molecule has 28 heavy (non-hydrogen) atoms. The molecule has 3 rings (SSSR count). The van der Waals surface area contributed by atoms with Crippen molar-refractivity contribution in [3.05, 3.63) is 24.3 Å². The van der Waals surface area contributed by atoms with Crippen molar-refractivity contribution in [1.82, 2.24) is 14.1 Å². The summed E-state index contributed by atoms with van der Waals surface area (Å²) in [5.41, 5.74) is 0.602.